The van der Waals surface area contributed by atoms with Gasteiger partial charge in [0.05, 0.1) is 12.3 Å². The molecular formula is C12H24FNO. The molecular weight excluding hydrogens is 193 g/mol. The Labute approximate surface area is 92.3 Å². The molecule has 1 rings (SSSR count). The first kappa shape index (κ1) is 12.9. The molecule has 0 aromatic heterocycles. The number of hydrogen-bond donors (Lipinski definition) is 2. The molecule has 1 saturated carbocycles. The van der Waals surface area contributed by atoms with Gasteiger partial charge in [-0.2, -0.15) is 0 Å². The Balaban J connectivity index is 2.17. The Kier molecular flexibility index (Phi) is 5.54. The smallest absolute Gasteiger partial charge is 0.0906 e. The van der Waals surface area contributed by atoms with Crippen LogP contribution in [0, 0.1) is 5.92 Å². The van der Waals surface area contributed by atoms with Crippen LogP contribution in [0.2, 0.25) is 0 Å². The van der Waals surface area contributed by atoms with Gasteiger partial charge in [-0.1, -0.05) is 13.3 Å². The minimum atomic E-state index is -0.526. The molecule has 0 unspecified atom stereocenters. The Bertz CT molecular complexity index is 167. The van der Waals surface area contributed by atoms with Crippen LogP contribution < -0.4 is 5.32 Å². The minimum Gasteiger partial charge on any atom is -0.389 e. The average Bonchev–Trinajstić information content (AvgIpc) is 2.26. The highest BCUT2D eigenvalue weighted by Gasteiger charge is 2.31. The first-order valence-electron chi connectivity index (χ1n) is 6.19. The van der Waals surface area contributed by atoms with Gasteiger partial charge < -0.3 is 10.4 Å². The molecule has 1 aliphatic rings. The second kappa shape index (κ2) is 6.44. The van der Waals surface area contributed by atoms with Gasteiger partial charge in [-0.15, -0.1) is 0 Å². The Hall–Kier alpha value is -0.150. The largest absolute Gasteiger partial charge is 0.389 e. The average molecular weight is 217 g/mol. The van der Waals surface area contributed by atoms with Crippen molar-refractivity contribution in [3.63, 3.8) is 0 Å². The van der Waals surface area contributed by atoms with Crippen molar-refractivity contribution < 1.29 is 9.50 Å². The fourth-order valence-corrected chi connectivity index (χ4v) is 2.31. The number of nitrogens with one attached hydrogen (secondary N) is 1. The zero-order valence-electron chi connectivity index (χ0n) is 9.77. The molecule has 1 fully saturated rings. The second-order valence-corrected chi connectivity index (χ2v) is 4.80. The summed E-state index contributed by atoms with van der Waals surface area (Å²) < 4.78 is 11.8. The van der Waals surface area contributed by atoms with E-state index < -0.39 is 5.60 Å². The van der Waals surface area contributed by atoms with E-state index in [0.717, 1.165) is 31.6 Å². The lowest BCUT2D eigenvalue weighted by atomic mass is 9.78. The highest BCUT2D eigenvalue weighted by atomic mass is 19.1. The Morgan fingerprint density at radius 2 is 2.07 bits per heavy atom. The standard InChI is InChI=1S/C12H24FNO/c1-2-11-4-6-12(15,7-5-11)10-14-9-3-8-13/h11,14-15H,2-10H2,1H3. The minimum absolute atomic E-state index is 0.274. The third-order valence-electron chi connectivity index (χ3n) is 3.55. The maximum absolute atomic E-state index is 11.8. The molecule has 90 valence electrons. The van der Waals surface area contributed by atoms with Crippen LogP contribution in [0.25, 0.3) is 0 Å². The molecule has 0 aliphatic heterocycles. The molecule has 0 aromatic rings. The fraction of sp³-hybridized carbons (Fsp3) is 1.00. The normalized spacial score (nSPS) is 31.8. The van der Waals surface area contributed by atoms with Crippen molar-refractivity contribution in [2.24, 2.45) is 5.92 Å². The van der Waals surface area contributed by atoms with Gasteiger partial charge in [-0.3, -0.25) is 4.39 Å². The molecule has 0 aromatic carbocycles. The van der Waals surface area contributed by atoms with Crippen LogP contribution >= 0.6 is 0 Å². The van der Waals surface area contributed by atoms with Gasteiger partial charge in [0.25, 0.3) is 0 Å². The van der Waals surface area contributed by atoms with E-state index in [1.54, 1.807) is 0 Å². The zero-order chi connectivity index (χ0) is 11.1. The van der Waals surface area contributed by atoms with E-state index in [-0.39, 0.29) is 6.67 Å². The summed E-state index contributed by atoms with van der Waals surface area (Å²) in [6.45, 7) is 3.25. The quantitative estimate of drug-likeness (QED) is 0.669. The molecule has 0 bridgehead atoms. The zero-order valence-corrected chi connectivity index (χ0v) is 9.77. The monoisotopic (exact) mass is 217 g/mol. The van der Waals surface area contributed by atoms with Crippen LogP contribution in [-0.4, -0.2) is 30.5 Å². The topological polar surface area (TPSA) is 32.3 Å². The summed E-state index contributed by atoms with van der Waals surface area (Å²) in [7, 11) is 0. The van der Waals surface area contributed by atoms with Crippen molar-refractivity contribution in [1.82, 2.24) is 5.32 Å². The van der Waals surface area contributed by atoms with Crippen molar-refractivity contribution in [1.29, 1.82) is 0 Å². The molecule has 0 saturated heterocycles. The fourth-order valence-electron chi connectivity index (χ4n) is 2.31. The van der Waals surface area contributed by atoms with E-state index in [4.69, 9.17) is 0 Å². The van der Waals surface area contributed by atoms with Gasteiger partial charge in [0.15, 0.2) is 0 Å². The first-order valence-corrected chi connectivity index (χ1v) is 6.19. The first-order chi connectivity index (χ1) is 7.20. The maximum atomic E-state index is 11.8. The van der Waals surface area contributed by atoms with Crippen LogP contribution in [0.5, 0.6) is 0 Å². The van der Waals surface area contributed by atoms with Crippen molar-refractivity contribution in [2.75, 3.05) is 19.8 Å². The van der Waals surface area contributed by atoms with Gasteiger partial charge in [-0.05, 0) is 44.6 Å². The van der Waals surface area contributed by atoms with Gasteiger partial charge in [0.2, 0.25) is 0 Å². The summed E-state index contributed by atoms with van der Waals surface area (Å²) >= 11 is 0. The van der Waals surface area contributed by atoms with Gasteiger partial charge >= 0.3 is 0 Å². The number of aliphatic hydroxyl groups is 1. The summed E-state index contributed by atoms with van der Waals surface area (Å²) in [6.07, 6.45) is 5.84. The van der Waals surface area contributed by atoms with E-state index in [9.17, 15) is 9.50 Å². The SMILES string of the molecule is CCC1CCC(O)(CNCCCF)CC1. The summed E-state index contributed by atoms with van der Waals surface area (Å²) in [5.41, 5.74) is -0.526. The van der Waals surface area contributed by atoms with Crippen LogP contribution in [0.1, 0.15) is 45.4 Å². The van der Waals surface area contributed by atoms with E-state index in [1.807, 2.05) is 0 Å². The summed E-state index contributed by atoms with van der Waals surface area (Å²) in [6, 6.07) is 0. The van der Waals surface area contributed by atoms with E-state index in [0.29, 0.717) is 19.5 Å². The lowest BCUT2D eigenvalue weighted by Crippen LogP contribution is -2.43. The molecule has 0 amide bonds. The highest BCUT2D eigenvalue weighted by Crippen LogP contribution is 2.33. The second-order valence-electron chi connectivity index (χ2n) is 4.80. The number of halogens is 1. The lowest BCUT2D eigenvalue weighted by Gasteiger charge is -2.36. The highest BCUT2D eigenvalue weighted by molar-refractivity contribution is 4.86. The third kappa shape index (κ3) is 4.47. The maximum Gasteiger partial charge on any atom is 0.0906 e. The van der Waals surface area contributed by atoms with Gasteiger partial charge in [0, 0.05) is 6.54 Å². The predicted molar refractivity (Wildman–Crippen MR) is 60.7 cm³/mol. The summed E-state index contributed by atoms with van der Waals surface area (Å²) in [4.78, 5) is 0. The van der Waals surface area contributed by atoms with Crippen LogP contribution in [-0.2, 0) is 0 Å². The molecule has 2 N–H and O–H groups in total. The number of rotatable bonds is 6. The summed E-state index contributed by atoms with van der Waals surface area (Å²) in [5, 5.41) is 13.4. The van der Waals surface area contributed by atoms with E-state index in [1.165, 1.54) is 6.42 Å². The molecule has 0 heterocycles. The molecule has 0 radical (unpaired) electrons. The number of hydrogen-bond acceptors (Lipinski definition) is 2. The molecule has 0 spiro atoms. The molecule has 1 aliphatic carbocycles. The van der Waals surface area contributed by atoms with Crippen molar-refractivity contribution in [3.05, 3.63) is 0 Å². The van der Waals surface area contributed by atoms with Crippen LogP contribution in [0.15, 0.2) is 0 Å². The molecule has 3 heteroatoms. The molecule has 2 nitrogen and oxygen atoms in total. The van der Waals surface area contributed by atoms with E-state index >= 15 is 0 Å². The predicted octanol–water partition coefficient (Wildman–Crippen LogP) is 2.27. The van der Waals surface area contributed by atoms with Crippen LogP contribution in [0.3, 0.4) is 0 Å². The Morgan fingerprint density at radius 1 is 1.40 bits per heavy atom. The van der Waals surface area contributed by atoms with Crippen LogP contribution in [0.4, 0.5) is 4.39 Å². The third-order valence-corrected chi connectivity index (χ3v) is 3.55. The summed E-state index contributed by atoms with van der Waals surface area (Å²) in [5.74, 6) is 0.802. The molecule has 15 heavy (non-hydrogen) atoms. The lowest BCUT2D eigenvalue weighted by molar-refractivity contribution is -0.00851. The Morgan fingerprint density at radius 3 is 2.60 bits per heavy atom. The molecule has 0 atom stereocenters. The van der Waals surface area contributed by atoms with Crippen molar-refractivity contribution in [2.45, 2.75) is 51.0 Å². The number of alkyl halides is 1. The van der Waals surface area contributed by atoms with Gasteiger partial charge in [-0.25, -0.2) is 0 Å². The van der Waals surface area contributed by atoms with E-state index in [2.05, 4.69) is 12.2 Å². The van der Waals surface area contributed by atoms with Gasteiger partial charge in [0.1, 0.15) is 0 Å². The van der Waals surface area contributed by atoms with Crippen molar-refractivity contribution >= 4 is 0 Å². The van der Waals surface area contributed by atoms with Crippen molar-refractivity contribution in [3.8, 4) is 0 Å².